The lowest BCUT2D eigenvalue weighted by molar-refractivity contribution is 0.387. The number of aryl methyl sites for hydroxylation is 1. The van der Waals surface area contributed by atoms with E-state index in [1.54, 1.807) is 6.92 Å². The number of nitrogens with zero attached hydrogens (tertiary/aromatic N) is 2. The van der Waals surface area contributed by atoms with Crippen molar-refractivity contribution in [1.29, 1.82) is 0 Å². The second kappa shape index (κ2) is 5.22. The summed E-state index contributed by atoms with van der Waals surface area (Å²) in [5, 5.41) is 3.66. The zero-order valence-corrected chi connectivity index (χ0v) is 9.67. The van der Waals surface area contributed by atoms with E-state index in [1.165, 1.54) is 0 Å². The van der Waals surface area contributed by atoms with Crippen LogP contribution in [0.1, 0.15) is 25.1 Å². The molecule has 0 spiro atoms. The van der Waals surface area contributed by atoms with Gasteiger partial charge in [0.1, 0.15) is 0 Å². The average molecular weight is 233 g/mol. The van der Waals surface area contributed by atoms with Gasteiger partial charge in [0.2, 0.25) is 15.9 Å². The number of rotatable bonds is 6. The van der Waals surface area contributed by atoms with Crippen LogP contribution in [-0.2, 0) is 16.4 Å². The van der Waals surface area contributed by atoms with Crippen LogP contribution >= 0.6 is 0 Å². The van der Waals surface area contributed by atoms with E-state index in [1.807, 2.05) is 6.92 Å². The van der Waals surface area contributed by atoms with Crippen LogP contribution in [0.2, 0.25) is 0 Å². The van der Waals surface area contributed by atoms with Crippen molar-refractivity contribution < 1.29 is 12.9 Å². The Labute approximate surface area is 89.1 Å². The molecule has 0 amide bonds. The number of sulfonamides is 1. The molecule has 0 radical (unpaired) electrons. The Hall–Kier alpha value is -0.950. The van der Waals surface area contributed by atoms with E-state index in [0.717, 1.165) is 0 Å². The summed E-state index contributed by atoms with van der Waals surface area (Å²) in [6.07, 6.45) is 1.05. The Morgan fingerprint density at radius 3 is 2.73 bits per heavy atom. The predicted octanol–water partition coefficient (Wildman–Crippen LogP) is 0.250. The van der Waals surface area contributed by atoms with Gasteiger partial charge in [-0.2, -0.15) is 4.98 Å². The number of aromatic nitrogens is 2. The van der Waals surface area contributed by atoms with Gasteiger partial charge in [0.25, 0.3) is 0 Å². The van der Waals surface area contributed by atoms with E-state index in [9.17, 15) is 8.42 Å². The van der Waals surface area contributed by atoms with Gasteiger partial charge in [0.05, 0.1) is 5.75 Å². The van der Waals surface area contributed by atoms with Crippen LogP contribution in [0.4, 0.5) is 0 Å². The maximum absolute atomic E-state index is 11.3. The van der Waals surface area contributed by atoms with Gasteiger partial charge in [-0.1, -0.05) is 12.1 Å². The van der Waals surface area contributed by atoms with Crippen LogP contribution < -0.4 is 4.72 Å². The molecule has 0 aromatic carbocycles. The first-order chi connectivity index (χ1) is 7.03. The molecule has 0 aliphatic rings. The number of hydrogen-bond donors (Lipinski definition) is 1. The van der Waals surface area contributed by atoms with Crippen LogP contribution in [0.15, 0.2) is 4.52 Å². The Morgan fingerprint density at radius 1 is 1.47 bits per heavy atom. The second-order valence-corrected chi connectivity index (χ2v) is 5.12. The molecule has 1 heterocycles. The molecule has 0 aliphatic heterocycles. The van der Waals surface area contributed by atoms with Crippen LogP contribution in [0.5, 0.6) is 0 Å². The third kappa shape index (κ3) is 4.39. The minimum Gasteiger partial charge on any atom is -0.340 e. The molecule has 0 saturated carbocycles. The van der Waals surface area contributed by atoms with Crippen LogP contribution in [0, 0.1) is 6.92 Å². The molecule has 7 heteroatoms. The van der Waals surface area contributed by atoms with Gasteiger partial charge in [0, 0.05) is 19.9 Å². The summed E-state index contributed by atoms with van der Waals surface area (Å²) >= 11 is 0. The van der Waals surface area contributed by atoms with Crippen molar-refractivity contribution in [2.45, 2.75) is 26.7 Å². The highest BCUT2D eigenvalue weighted by Gasteiger charge is 2.08. The monoisotopic (exact) mass is 233 g/mol. The first-order valence-electron chi connectivity index (χ1n) is 4.80. The second-order valence-electron chi connectivity index (χ2n) is 3.19. The topological polar surface area (TPSA) is 85.1 Å². The maximum Gasteiger partial charge on any atom is 0.223 e. The summed E-state index contributed by atoms with van der Waals surface area (Å²) in [5.41, 5.74) is 0. The summed E-state index contributed by atoms with van der Waals surface area (Å²) in [7, 11) is -3.13. The Bertz CT molecular complexity index is 399. The van der Waals surface area contributed by atoms with E-state index < -0.39 is 10.0 Å². The minimum atomic E-state index is -3.13. The summed E-state index contributed by atoms with van der Waals surface area (Å²) in [4.78, 5) is 3.96. The highest BCUT2D eigenvalue weighted by atomic mass is 32.2. The lowest BCUT2D eigenvalue weighted by Crippen LogP contribution is -2.28. The summed E-state index contributed by atoms with van der Waals surface area (Å²) < 4.78 is 29.7. The van der Waals surface area contributed by atoms with Gasteiger partial charge in [-0.05, 0) is 6.42 Å². The van der Waals surface area contributed by atoms with Crippen molar-refractivity contribution in [1.82, 2.24) is 14.9 Å². The van der Waals surface area contributed by atoms with E-state index in [0.29, 0.717) is 31.1 Å². The molecular formula is C8H15N3O3S. The van der Waals surface area contributed by atoms with Gasteiger partial charge in [-0.25, -0.2) is 13.1 Å². The summed E-state index contributed by atoms with van der Waals surface area (Å²) in [6.45, 7) is 3.82. The molecule has 0 bridgehead atoms. The highest BCUT2D eigenvalue weighted by Crippen LogP contribution is 1.95. The molecule has 6 nitrogen and oxygen atoms in total. The Kier molecular flexibility index (Phi) is 4.22. The average Bonchev–Trinajstić information content (AvgIpc) is 2.51. The molecule has 1 rings (SSSR count). The third-order valence-electron chi connectivity index (χ3n) is 1.71. The first kappa shape index (κ1) is 12.1. The fourth-order valence-electron chi connectivity index (χ4n) is 1.10. The largest absolute Gasteiger partial charge is 0.340 e. The van der Waals surface area contributed by atoms with Gasteiger partial charge in [-0.15, -0.1) is 0 Å². The van der Waals surface area contributed by atoms with Crippen molar-refractivity contribution in [2.75, 3.05) is 12.3 Å². The van der Waals surface area contributed by atoms with Crippen molar-refractivity contribution in [2.24, 2.45) is 0 Å². The van der Waals surface area contributed by atoms with Gasteiger partial charge >= 0.3 is 0 Å². The van der Waals surface area contributed by atoms with Crippen LogP contribution in [0.3, 0.4) is 0 Å². The van der Waals surface area contributed by atoms with E-state index in [4.69, 9.17) is 4.52 Å². The van der Waals surface area contributed by atoms with E-state index in [-0.39, 0.29) is 5.75 Å². The fourth-order valence-corrected chi connectivity index (χ4v) is 2.20. The molecule has 86 valence electrons. The molecule has 0 atom stereocenters. The van der Waals surface area contributed by atoms with Crippen LogP contribution in [0.25, 0.3) is 0 Å². The smallest absolute Gasteiger partial charge is 0.223 e. The molecule has 0 aliphatic carbocycles. The molecule has 1 aromatic rings. The standard InChI is InChI=1S/C8H15N3O3S/c1-3-6-15(12,13)9-5-4-8-10-7(2)14-11-8/h9H,3-6H2,1-2H3. The fraction of sp³-hybridized carbons (Fsp3) is 0.750. The van der Waals surface area contributed by atoms with Crippen molar-refractivity contribution in [3.05, 3.63) is 11.7 Å². The predicted molar refractivity (Wildman–Crippen MR) is 54.8 cm³/mol. The SMILES string of the molecule is CCCS(=O)(=O)NCCc1noc(C)n1. The molecule has 1 aromatic heterocycles. The molecule has 0 fully saturated rings. The minimum absolute atomic E-state index is 0.151. The Morgan fingerprint density at radius 2 is 2.20 bits per heavy atom. The molecule has 1 N–H and O–H groups in total. The zero-order chi connectivity index (χ0) is 11.3. The molecule has 0 saturated heterocycles. The quantitative estimate of drug-likeness (QED) is 0.761. The third-order valence-corrected chi connectivity index (χ3v) is 3.30. The normalized spacial score (nSPS) is 11.9. The zero-order valence-electron chi connectivity index (χ0n) is 8.86. The van der Waals surface area contributed by atoms with Crippen molar-refractivity contribution in [3.8, 4) is 0 Å². The number of hydrogen-bond acceptors (Lipinski definition) is 5. The van der Waals surface area contributed by atoms with Gasteiger partial charge in [-0.3, -0.25) is 0 Å². The molecular weight excluding hydrogens is 218 g/mol. The van der Waals surface area contributed by atoms with E-state index in [2.05, 4.69) is 14.9 Å². The molecule has 0 unspecified atom stereocenters. The van der Waals surface area contributed by atoms with Crippen molar-refractivity contribution >= 4 is 10.0 Å². The summed E-state index contributed by atoms with van der Waals surface area (Å²) in [5.74, 6) is 1.16. The van der Waals surface area contributed by atoms with E-state index >= 15 is 0 Å². The van der Waals surface area contributed by atoms with Crippen molar-refractivity contribution in [3.63, 3.8) is 0 Å². The number of nitrogens with one attached hydrogen (secondary N) is 1. The Balaban J connectivity index is 2.33. The first-order valence-corrected chi connectivity index (χ1v) is 6.45. The lowest BCUT2D eigenvalue weighted by atomic mass is 10.4. The highest BCUT2D eigenvalue weighted by molar-refractivity contribution is 7.89. The van der Waals surface area contributed by atoms with Gasteiger partial charge in [0.15, 0.2) is 5.82 Å². The molecule has 15 heavy (non-hydrogen) atoms. The maximum atomic E-state index is 11.3. The summed E-state index contributed by atoms with van der Waals surface area (Å²) in [6, 6.07) is 0. The van der Waals surface area contributed by atoms with Crippen LogP contribution in [-0.4, -0.2) is 30.9 Å². The lowest BCUT2D eigenvalue weighted by Gasteiger charge is -2.02. The van der Waals surface area contributed by atoms with Gasteiger partial charge < -0.3 is 4.52 Å².